The lowest BCUT2D eigenvalue weighted by molar-refractivity contribution is 0.514. The summed E-state index contributed by atoms with van der Waals surface area (Å²) in [6.45, 7) is 15.9. The molecule has 0 amide bonds. The zero-order valence-electron chi connectivity index (χ0n) is 8.57. The second kappa shape index (κ2) is 4.15. The molecule has 68 valence electrons. The van der Waals surface area contributed by atoms with Gasteiger partial charge in [-0.3, -0.25) is 0 Å². The molecular weight excluding hydrogens is 146 g/mol. The van der Waals surface area contributed by atoms with E-state index in [1.54, 1.807) is 0 Å². The zero-order chi connectivity index (χ0) is 9.78. The zero-order valence-corrected chi connectivity index (χ0v) is 8.57. The van der Waals surface area contributed by atoms with Gasteiger partial charge in [-0.05, 0) is 17.9 Å². The Morgan fingerprint density at radius 2 is 1.83 bits per heavy atom. The van der Waals surface area contributed by atoms with Crippen molar-refractivity contribution in [2.75, 3.05) is 0 Å². The minimum absolute atomic E-state index is 0.143. The lowest BCUT2D eigenvalue weighted by atomic mass is 9.87. The van der Waals surface area contributed by atoms with Crippen molar-refractivity contribution < 1.29 is 0 Å². The van der Waals surface area contributed by atoms with Gasteiger partial charge in [0.05, 0.1) is 0 Å². The van der Waals surface area contributed by atoms with Gasteiger partial charge in [-0.2, -0.15) is 0 Å². The van der Waals surface area contributed by atoms with Gasteiger partial charge in [0.25, 0.3) is 0 Å². The molecule has 0 aromatic heterocycles. The van der Waals surface area contributed by atoms with E-state index in [9.17, 15) is 0 Å². The fraction of sp³-hybridized carbons (Fsp3) is 0.455. The van der Waals surface area contributed by atoms with Crippen molar-refractivity contribution in [2.24, 2.45) is 5.41 Å². The molecule has 0 atom stereocenters. The van der Waals surface area contributed by atoms with Crippen molar-refractivity contribution in [3.63, 3.8) is 0 Å². The van der Waals surface area contributed by atoms with Gasteiger partial charge in [0.1, 0.15) is 0 Å². The summed E-state index contributed by atoms with van der Waals surface area (Å²) in [4.78, 5) is 0. The summed E-state index contributed by atoms with van der Waals surface area (Å²) in [5.41, 5.74) is 2.27. The molecule has 1 heteroatoms. The van der Waals surface area contributed by atoms with Crippen molar-refractivity contribution in [3.8, 4) is 0 Å². The molecule has 0 aliphatic rings. The largest absolute Gasteiger partial charge is 0.365 e. The summed E-state index contributed by atoms with van der Waals surface area (Å²) in [6, 6.07) is 0. The SMILES string of the molecule is C=C/C(=C\NC(=C)C)C(C)(C)C. The summed E-state index contributed by atoms with van der Waals surface area (Å²) >= 11 is 0. The third kappa shape index (κ3) is 4.02. The first-order valence-electron chi connectivity index (χ1n) is 4.13. The van der Waals surface area contributed by atoms with E-state index in [2.05, 4.69) is 39.2 Å². The minimum atomic E-state index is 0.143. The highest BCUT2D eigenvalue weighted by atomic mass is 14.8. The van der Waals surface area contributed by atoms with Crippen molar-refractivity contribution >= 4 is 0 Å². The first-order chi connectivity index (χ1) is 5.38. The fourth-order valence-electron chi connectivity index (χ4n) is 0.783. The average molecular weight is 165 g/mol. The Labute approximate surface area is 75.9 Å². The minimum Gasteiger partial charge on any atom is -0.365 e. The second-order valence-corrected chi connectivity index (χ2v) is 3.98. The molecule has 0 rings (SSSR count). The van der Waals surface area contributed by atoms with E-state index >= 15 is 0 Å². The Kier molecular flexibility index (Phi) is 3.81. The molecule has 0 bridgehead atoms. The van der Waals surface area contributed by atoms with Crippen LogP contribution < -0.4 is 5.32 Å². The molecule has 0 spiro atoms. The number of rotatable bonds is 3. The number of hydrogen-bond acceptors (Lipinski definition) is 1. The van der Waals surface area contributed by atoms with Crippen LogP contribution in [0.4, 0.5) is 0 Å². The lowest BCUT2D eigenvalue weighted by Gasteiger charge is -2.20. The molecule has 1 N–H and O–H groups in total. The quantitative estimate of drug-likeness (QED) is 0.633. The summed E-state index contributed by atoms with van der Waals surface area (Å²) in [6.07, 6.45) is 3.82. The standard InChI is InChI=1S/C11H19N/c1-7-10(11(4,5)6)8-12-9(2)3/h7-8,12H,1-2H2,3-6H3/b10-8+. The number of nitrogens with one attached hydrogen (secondary N) is 1. The summed E-state index contributed by atoms with van der Waals surface area (Å²) in [5, 5.41) is 3.08. The topological polar surface area (TPSA) is 12.0 Å². The highest BCUT2D eigenvalue weighted by Gasteiger charge is 2.13. The van der Waals surface area contributed by atoms with Crippen LogP contribution in [0.5, 0.6) is 0 Å². The van der Waals surface area contributed by atoms with Gasteiger partial charge in [-0.15, -0.1) is 0 Å². The third-order valence-corrected chi connectivity index (χ3v) is 1.56. The molecule has 0 fully saturated rings. The lowest BCUT2D eigenvalue weighted by Crippen LogP contribution is -2.11. The van der Waals surface area contributed by atoms with E-state index in [0.29, 0.717) is 0 Å². The van der Waals surface area contributed by atoms with E-state index in [4.69, 9.17) is 0 Å². The van der Waals surface area contributed by atoms with Gasteiger partial charge >= 0.3 is 0 Å². The first-order valence-corrected chi connectivity index (χ1v) is 4.13. The Morgan fingerprint density at radius 1 is 1.33 bits per heavy atom. The predicted molar refractivity (Wildman–Crippen MR) is 55.7 cm³/mol. The highest BCUT2D eigenvalue weighted by Crippen LogP contribution is 2.24. The Balaban J connectivity index is 4.45. The number of allylic oxidation sites excluding steroid dienone is 3. The molecular formula is C11H19N. The Hall–Kier alpha value is -0.980. The maximum absolute atomic E-state index is 3.77. The monoisotopic (exact) mass is 165 g/mol. The van der Waals surface area contributed by atoms with Crippen molar-refractivity contribution in [2.45, 2.75) is 27.7 Å². The van der Waals surface area contributed by atoms with Crippen LogP contribution in [-0.2, 0) is 0 Å². The van der Waals surface area contributed by atoms with Gasteiger partial charge in [0.15, 0.2) is 0 Å². The van der Waals surface area contributed by atoms with Gasteiger partial charge in [0.2, 0.25) is 0 Å². The molecule has 0 aliphatic heterocycles. The van der Waals surface area contributed by atoms with Crippen molar-refractivity contribution in [1.29, 1.82) is 0 Å². The summed E-state index contributed by atoms with van der Waals surface area (Å²) in [7, 11) is 0. The third-order valence-electron chi connectivity index (χ3n) is 1.56. The van der Waals surface area contributed by atoms with Crippen LogP contribution in [-0.4, -0.2) is 0 Å². The van der Waals surface area contributed by atoms with Crippen molar-refractivity contribution in [3.05, 3.63) is 36.7 Å². The van der Waals surface area contributed by atoms with Crippen LogP contribution in [0.3, 0.4) is 0 Å². The van der Waals surface area contributed by atoms with E-state index in [0.717, 1.165) is 5.70 Å². The molecule has 0 aromatic rings. The number of hydrogen-bond donors (Lipinski definition) is 1. The maximum Gasteiger partial charge on any atom is 0.00439 e. The van der Waals surface area contributed by atoms with Gasteiger partial charge in [-0.1, -0.05) is 40.0 Å². The van der Waals surface area contributed by atoms with Crippen LogP contribution in [0.15, 0.2) is 36.7 Å². The normalized spacial score (nSPS) is 12.5. The molecule has 0 heterocycles. The van der Waals surface area contributed by atoms with E-state index in [1.807, 2.05) is 19.2 Å². The summed E-state index contributed by atoms with van der Waals surface area (Å²) in [5.74, 6) is 0. The van der Waals surface area contributed by atoms with Crippen LogP contribution >= 0.6 is 0 Å². The molecule has 12 heavy (non-hydrogen) atoms. The van der Waals surface area contributed by atoms with Gasteiger partial charge < -0.3 is 5.32 Å². The van der Waals surface area contributed by atoms with Crippen LogP contribution in [0.1, 0.15) is 27.7 Å². The van der Waals surface area contributed by atoms with E-state index < -0.39 is 0 Å². The average Bonchev–Trinajstić information content (AvgIpc) is 1.85. The molecule has 0 aliphatic carbocycles. The smallest absolute Gasteiger partial charge is 0.00439 e. The molecule has 0 aromatic carbocycles. The van der Waals surface area contributed by atoms with Crippen LogP contribution in [0.2, 0.25) is 0 Å². The van der Waals surface area contributed by atoms with Crippen LogP contribution in [0, 0.1) is 5.41 Å². The molecule has 0 unspecified atom stereocenters. The second-order valence-electron chi connectivity index (χ2n) is 3.98. The maximum atomic E-state index is 3.77. The molecule has 1 nitrogen and oxygen atoms in total. The van der Waals surface area contributed by atoms with Gasteiger partial charge in [0, 0.05) is 11.9 Å². The summed E-state index contributed by atoms with van der Waals surface area (Å²) < 4.78 is 0. The van der Waals surface area contributed by atoms with Gasteiger partial charge in [-0.25, -0.2) is 0 Å². The predicted octanol–water partition coefficient (Wildman–Crippen LogP) is 3.23. The molecule has 0 radical (unpaired) electrons. The van der Waals surface area contributed by atoms with E-state index in [1.165, 1.54) is 5.57 Å². The van der Waals surface area contributed by atoms with E-state index in [-0.39, 0.29) is 5.41 Å². The Bertz CT molecular complexity index is 204. The first kappa shape index (κ1) is 11.0. The Morgan fingerprint density at radius 3 is 2.08 bits per heavy atom. The molecule has 0 saturated heterocycles. The highest BCUT2D eigenvalue weighted by molar-refractivity contribution is 5.23. The molecule has 0 saturated carbocycles. The van der Waals surface area contributed by atoms with Crippen molar-refractivity contribution in [1.82, 2.24) is 5.32 Å². The fourth-order valence-corrected chi connectivity index (χ4v) is 0.783. The van der Waals surface area contributed by atoms with Crippen LogP contribution in [0.25, 0.3) is 0 Å².